The Hall–Kier alpha value is -3.12. The molecule has 1 aromatic heterocycles. The van der Waals surface area contributed by atoms with Crippen LogP contribution in [0.3, 0.4) is 0 Å². The summed E-state index contributed by atoms with van der Waals surface area (Å²) in [6.45, 7) is -0.164. The fraction of sp³-hybridized carbons (Fsp3) is 0.0526. The van der Waals surface area contributed by atoms with Crippen molar-refractivity contribution in [2.75, 3.05) is 0 Å². The number of alkyl carbamates (subject to hydrolysis) is 1. The van der Waals surface area contributed by atoms with Gasteiger partial charge in [0.15, 0.2) is 6.61 Å². The molecule has 26 heavy (non-hydrogen) atoms. The molecule has 132 valence electrons. The first-order valence-corrected chi connectivity index (χ1v) is 7.98. The zero-order valence-electron chi connectivity index (χ0n) is 13.4. The van der Waals surface area contributed by atoms with Crippen molar-refractivity contribution in [2.24, 2.45) is 0 Å². The van der Waals surface area contributed by atoms with Crippen LogP contribution in [-0.4, -0.2) is 12.0 Å². The SMILES string of the molecule is O=C(NC(=O)c1ccccc1Cl)OCc1ccc(-c2ccc(F)cc2)o1. The van der Waals surface area contributed by atoms with Crippen LogP contribution in [-0.2, 0) is 11.3 Å². The fourth-order valence-electron chi connectivity index (χ4n) is 2.20. The lowest BCUT2D eigenvalue weighted by molar-refractivity contribution is 0.0903. The summed E-state index contributed by atoms with van der Waals surface area (Å²) in [7, 11) is 0. The van der Waals surface area contributed by atoms with Gasteiger partial charge < -0.3 is 9.15 Å². The molecule has 0 bridgehead atoms. The lowest BCUT2D eigenvalue weighted by Crippen LogP contribution is -2.31. The third-order valence-electron chi connectivity index (χ3n) is 3.47. The van der Waals surface area contributed by atoms with E-state index in [4.69, 9.17) is 20.8 Å². The maximum absolute atomic E-state index is 12.9. The molecule has 0 atom stereocenters. The maximum Gasteiger partial charge on any atom is 0.414 e. The van der Waals surface area contributed by atoms with Gasteiger partial charge in [-0.05, 0) is 48.5 Å². The van der Waals surface area contributed by atoms with E-state index < -0.39 is 12.0 Å². The van der Waals surface area contributed by atoms with Crippen LogP contribution in [0.25, 0.3) is 11.3 Å². The summed E-state index contributed by atoms with van der Waals surface area (Å²) in [4.78, 5) is 23.7. The monoisotopic (exact) mass is 373 g/mol. The highest BCUT2D eigenvalue weighted by atomic mass is 35.5. The average molecular weight is 374 g/mol. The van der Waals surface area contributed by atoms with Crippen molar-refractivity contribution in [2.45, 2.75) is 6.61 Å². The van der Waals surface area contributed by atoms with Gasteiger partial charge in [0.05, 0.1) is 10.6 Å². The minimum atomic E-state index is -0.922. The van der Waals surface area contributed by atoms with Crippen LogP contribution in [0.4, 0.5) is 9.18 Å². The Morgan fingerprint density at radius 1 is 1.04 bits per heavy atom. The Labute approximate surface area is 153 Å². The molecule has 3 rings (SSSR count). The Bertz CT molecular complexity index is 937. The summed E-state index contributed by atoms with van der Waals surface area (Å²) in [5.74, 6) is -0.114. The van der Waals surface area contributed by atoms with E-state index in [0.717, 1.165) is 0 Å². The lowest BCUT2D eigenvalue weighted by atomic mass is 10.2. The topological polar surface area (TPSA) is 68.5 Å². The highest BCUT2D eigenvalue weighted by molar-refractivity contribution is 6.34. The summed E-state index contributed by atoms with van der Waals surface area (Å²) < 4.78 is 23.4. The predicted octanol–water partition coefficient (Wildman–Crippen LogP) is 4.81. The molecule has 2 amide bonds. The van der Waals surface area contributed by atoms with E-state index in [2.05, 4.69) is 5.32 Å². The second-order valence-electron chi connectivity index (χ2n) is 5.28. The fourth-order valence-corrected chi connectivity index (χ4v) is 2.42. The average Bonchev–Trinajstić information content (AvgIpc) is 3.10. The van der Waals surface area contributed by atoms with Gasteiger partial charge >= 0.3 is 6.09 Å². The van der Waals surface area contributed by atoms with Crippen molar-refractivity contribution in [3.63, 3.8) is 0 Å². The highest BCUT2D eigenvalue weighted by Gasteiger charge is 2.14. The molecule has 0 aliphatic heterocycles. The number of halogens is 2. The van der Waals surface area contributed by atoms with Gasteiger partial charge in [0, 0.05) is 5.56 Å². The van der Waals surface area contributed by atoms with Gasteiger partial charge in [0.25, 0.3) is 5.91 Å². The first-order chi connectivity index (χ1) is 12.5. The van der Waals surface area contributed by atoms with Crippen LogP contribution in [0.5, 0.6) is 0 Å². The van der Waals surface area contributed by atoms with Gasteiger partial charge in [-0.1, -0.05) is 23.7 Å². The van der Waals surface area contributed by atoms with E-state index in [1.807, 2.05) is 0 Å². The number of hydrogen-bond donors (Lipinski definition) is 1. The first-order valence-electron chi connectivity index (χ1n) is 7.60. The summed E-state index contributed by atoms with van der Waals surface area (Å²) in [6, 6.07) is 15.4. The summed E-state index contributed by atoms with van der Waals surface area (Å²) in [5.41, 5.74) is 0.860. The standard InChI is InChI=1S/C19H13ClFNO4/c20-16-4-2-1-3-15(16)18(23)22-19(24)25-11-14-9-10-17(26-14)12-5-7-13(21)8-6-12/h1-10H,11H2,(H,22,23,24). The molecule has 0 aliphatic carbocycles. The summed E-state index contributed by atoms with van der Waals surface area (Å²) in [5, 5.41) is 2.31. The van der Waals surface area contributed by atoms with Crippen molar-refractivity contribution in [1.82, 2.24) is 5.32 Å². The lowest BCUT2D eigenvalue weighted by Gasteiger charge is -2.06. The molecule has 0 saturated carbocycles. The molecule has 0 saturated heterocycles. The van der Waals surface area contributed by atoms with E-state index >= 15 is 0 Å². The molecule has 1 heterocycles. The van der Waals surface area contributed by atoms with Crippen molar-refractivity contribution < 1.29 is 23.1 Å². The van der Waals surface area contributed by atoms with Crippen LogP contribution < -0.4 is 5.32 Å². The normalized spacial score (nSPS) is 10.4. The molecule has 2 aromatic carbocycles. The van der Waals surface area contributed by atoms with Gasteiger partial charge in [0.1, 0.15) is 17.3 Å². The molecule has 0 fully saturated rings. The van der Waals surface area contributed by atoms with E-state index in [-0.39, 0.29) is 23.0 Å². The smallest absolute Gasteiger partial charge is 0.414 e. The molecule has 3 aromatic rings. The third-order valence-corrected chi connectivity index (χ3v) is 3.80. The maximum atomic E-state index is 12.9. The van der Waals surface area contributed by atoms with Crippen LogP contribution >= 0.6 is 11.6 Å². The molecule has 1 N–H and O–H groups in total. The predicted molar refractivity (Wildman–Crippen MR) is 93.2 cm³/mol. The molecule has 5 nitrogen and oxygen atoms in total. The van der Waals surface area contributed by atoms with E-state index in [1.54, 1.807) is 42.5 Å². The first kappa shape index (κ1) is 17.7. The van der Waals surface area contributed by atoms with E-state index in [0.29, 0.717) is 17.1 Å². The number of furan rings is 1. The van der Waals surface area contributed by atoms with Gasteiger partial charge in [0.2, 0.25) is 0 Å². The number of ether oxygens (including phenoxy) is 1. The van der Waals surface area contributed by atoms with Gasteiger partial charge in [-0.3, -0.25) is 10.1 Å². The number of carbonyl (C=O) groups is 2. The second-order valence-corrected chi connectivity index (χ2v) is 5.69. The van der Waals surface area contributed by atoms with Crippen LogP contribution in [0.15, 0.2) is 65.1 Å². The van der Waals surface area contributed by atoms with Crippen LogP contribution in [0.1, 0.15) is 16.1 Å². The van der Waals surface area contributed by atoms with Crippen LogP contribution in [0.2, 0.25) is 5.02 Å². The van der Waals surface area contributed by atoms with Crippen molar-refractivity contribution in [3.05, 3.63) is 82.8 Å². The number of imide groups is 1. The van der Waals surface area contributed by atoms with E-state index in [1.165, 1.54) is 18.2 Å². The molecule has 0 aliphatic rings. The van der Waals surface area contributed by atoms with Gasteiger partial charge in [-0.2, -0.15) is 0 Å². The molecule has 0 spiro atoms. The Morgan fingerprint density at radius 3 is 2.50 bits per heavy atom. The largest absolute Gasteiger partial charge is 0.457 e. The number of rotatable bonds is 4. The zero-order valence-corrected chi connectivity index (χ0v) is 14.1. The van der Waals surface area contributed by atoms with Gasteiger partial charge in [-0.25, -0.2) is 9.18 Å². The van der Waals surface area contributed by atoms with Crippen LogP contribution in [0, 0.1) is 5.82 Å². The number of hydrogen-bond acceptors (Lipinski definition) is 4. The Morgan fingerprint density at radius 2 is 1.77 bits per heavy atom. The minimum Gasteiger partial charge on any atom is -0.457 e. The number of carbonyl (C=O) groups excluding carboxylic acids is 2. The molecular weight excluding hydrogens is 361 g/mol. The van der Waals surface area contributed by atoms with Crippen molar-refractivity contribution >= 4 is 23.6 Å². The summed E-state index contributed by atoms with van der Waals surface area (Å²) in [6.07, 6.45) is -0.922. The zero-order chi connectivity index (χ0) is 18.5. The quantitative estimate of drug-likeness (QED) is 0.712. The highest BCUT2D eigenvalue weighted by Crippen LogP contribution is 2.22. The van der Waals surface area contributed by atoms with E-state index in [9.17, 15) is 14.0 Å². The molecular formula is C19H13ClFNO4. The van der Waals surface area contributed by atoms with Crippen molar-refractivity contribution in [1.29, 1.82) is 0 Å². The summed E-state index contributed by atoms with van der Waals surface area (Å²) >= 11 is 5.89. The number of amides is 2. The molecule has 7 heteroatoms. The molecule has 0 unspecified atom stereocenters. The number of nitrogens with one attached hydrogen (secondary N) is 1. The Kier molecular flexibility index (Phi) is 5.34. The minimum absolute atomic E-state index is 0.164. The Balaban J connectivity index is 1.56. The number of benzene rings is 2. The van der Waals surface area contributed by atoms with Gasteiger partial charge in [-0.15, -0.1) is 0 Å². The second kappa shape index (κ2) is 7.84. The molecule has 0 radical (unpaired) electrons. The third kappa shape index (κ3) is 4.29. The van der Waals surface area contributed by atoms with Crippen molar-refractivity contribution in [3.8, 4) is 11.3 Å².